The zero-order valence-electron chi connectivity index (χ0n) is 16.2. The number of rotatable bonds is 6. The number of benzene rings is 4. The number of hydrogen-bond acceptors (Lipinski definition) is 2. The van der Waals surface area contributed by atoms with Gasteiger partial charge in [0, 0.05) is 11.5 Å². The highest BCUT2D eigenvalue weighted by Crippen LogP contribution is 2.29. The first-order valence-electron chi connectivity index (χ1n) is 9.76. The van der Waals surface area contributed by atoms with Crippen molar-refractivity contribution in [1.29, 1.82) is 0 Å². The summed E-state index contributed by atoms with van der Waals surface area (Å²) in [5.41, 5.74) is 2.11. The molecule has 4 rings (SSSR count). The first-order chi connectivity index (χ1) is 14.6. The van der Waals surface area contributed by atoms with Crippen LogP contribution in [0.5, 0.6) is 0 Å². The van der Waals surface area contributed by atoms with Gasteiger partial charge in [0.05, 0.1) is 0 Å². The normalized spacial score (nSPS) is 11.9. The minimum atomic E-state index is -1.12. The Morgan fingerprint density at radius 2 is 1.20 bits per heavy atom. The van der Waals surface area contributed by atoms with Crippen LogP contribution in [0.2, 0.25) is 0 Å². The minimum Gasteiger partial charge on any atom is -0.480 e. The van der Waals surface area contributed by atoms with Gasteiger partial charge in [0.15, 0.2) is 0 Å². The van der Waals surface area contributed by atoms with Crippen molar-refractivity contribution in [3.05, 3.63) is 120 Å². The second-order valence-corrected chi connectivity index (χ2v) is 7.12. The van der Waals surface area contributed by atoms with Crippen LogP contribution in [0.1, 0.15) is 27.4 Å². The second-order valence-electron chi connectivity index (χ2n) is 7.12. The summed E-state index contributed by atoms with van der Waals surface area (Å²) in [6.45, 7) is 0. The number of carbonyl (C=O) groups is 2. The van der Waals surface area contributed by atoms with Crippen molar-refractivity contribution in [2.45, 2.75) is 12.0 Å². The Balaban J connectivity index is 1.75. The summed E-state index contributed by atoms with van der Waals surface area (Å²) in [5, 5.41) is 14.6. The lowest BCUT2D eigenvalue weighted by molar-refractivity contribution is -0.139. The largest absolute Gasteiger partial charge is 0.480 e. The van der Waals surface area contributed by atoms with Gasteiger partial charge in [-0.2, -0.15) is 0 Å². The average Bonchev–Trinajstić information content (AvgIpc) is 2.79. The summed E-state index contributed by atoms with van der Waals surface area (Å²) in [6.07, 6.45) is 0. The summed E-state index contributed by atoms with van der Waals surface area (Å²) in [6, 6.07) is 30.7. The summed E-state index contributed by atoms with van der Waals surface area (Å²) in [5.74, 6) is -2.01. The van der Waals surface area contributed by atoms with E-state index in [4.69, 9.17) is 0 Å². The minimum absolute atomic E-state index is 0.406. The molecule has 2 N–H and O–H groups in total. The van der Waals surface area contributed by atoms with Crippen LogP contribution >= 0.6 is 0 Å². The van der Waals surface area contributed by atoms with Crippen LogP contribution in [0, 0.1) is 0 Å². The molecule has 0 aliphatic rings. The van der Waals surface area contributed by atoms with Crippen LogP contribution in [-0.4, -0.2) is 23.0 Å². The van der Waals surface area contributed by atoms with E-state index in [-0.39, 0.29) is 0 Å². The molecule has 0 aliphatic heterocycles. The Morgan fingerprint density at radius 1 is 0.667 bits per heavy atom. The van der Waals surface area contributed by atoms with Crippen LogP contribution in [0.3, 0.4) is 0 Å². The number of hydrogen-bond donors (Lipinski definition) is 2. The molecule has 148 valence electrons. The van der Waals surface area contributed by atoms with Crippen LogP contribution in [0.25, 0.3) is 10.8 Å². The molecule has 0 heterocycles. The first kappa shape index (κ1) is 19.4. The van der Waals surface area contributed by atoms with Gasteiger partial charge in [-0.05, 0) is 28.0 Å². The number of aliphatic carboxylic acids is 1. The van der Waals surface area contributed by atoms with E-state index in [1.165, 1.54) is 0 Å². The van der Waals surface area contributed by atoms with Gasteiger partial charge >= 0.3 is 5.97 Å². The SMILES string of the molecule is O=C(N[C@H](C(=O)O)C(c1ccccc1)c1ccccc1)c1cccc2ccccc12. The molecule has 0 bridgehead atoms. The summed E-state index contributed by atoms with van der Waals surface area (Å²) in [7, 11) is 0. The zero-order chi connectivity index (χ0) is 20.9. The highest BCUT2D eigenvalue weighted by Gasteiger charge is 2.32. The molecule has 4 aromatic carbocycles. The van der Waals surface area contributed by atoms with Crippen molar-refractivity contribution in [2.75, 3.05) is 0 Å². The molecule has 0 radical (unpaired) electrons. The van der Waals surface area contributed by atoms with Crippen molar-refractivity contribution in [2.24, 2.45) is 0 Å². The molecule has 0 saturated heterocycles. The molecule has 0 aliphatic carbocycles. The molecule has 1 amide bonds. The number of carbonyl (C=O) groups excluding carboxylic acids is 1. The van der Waals surface area contributed by atoms with Gasteiger partial charge in [0.2, 0.25) is 0 Å². The maximum Gasteiger partial charge on any atom is 0.327 e. The molecule has 30 heavy (non-hydrogen) atoms. The highest BCUT2D eigenvalue weighted by molar-refractivity contribution is 6.08. The Morgan fingerprint density at radius 3 is 1.80 bits per heavy atom. The molecule has 0 spiro atoms. The third-order valence-electron chi connectivity index (χ3n) is 5.24. The van der Waals surface area contributed by atoms with Gasteiger partial charge in [0.25, 0.3) is 5.91 Å². The molecular weight excluding hydrogens is 374 g/mol. The molecule has 0 saturated carbocycles. The van der Waals surface area contributed by atoms with Crippen LogP contribution < -0.4 is 5.32 Å². The molecule has 4 nitrogen and oxygen atoms in total. The van der Waals surface area contributed by atoms with Gasteiger partial charge in [-0.15, -0.1) is 0 Å². The topological polar surface area (TPSA) is 66.4 Å². The standard InChI is InChI=1S/C26H21NO3/c28-25(22-17-9-15-18-10-7-8-16-21(18)22)27-24(26(29)30)23(19-11-3-1-4-12-19)20-13-5-2-6-14-20/h1-17,23-24H,(H,27,28)(H,29,30)/t24-/m0/s1. The van der Waals surface area contributed by atoms with Gasteiger partial charge in [-0.3, -0.25) is 4.79 Å². The van der Waals surface area contributed by atoms with Crippen molar-refractivity contribution in [1.82, 2.24) is 5.32 Å². The highest BCUT2D eigenvalue weighted by atomic mass is 16.4. The summed E-state index contributed by atoms with van der Waals surface area (Å²) in [4.78, 5) is 25.5. The molecule has 0 fully saturated rings. The maximum absolute atomic E-state index is 13.2. The summed E-state index contributed by atoms with van der Waals surface area (Å²) < 4.78 is 0. The third kappa shape index (κ3) is 3.94. The van der Waals surface area contributed by atoms with Crippen LogP contribution in [-0.2, 0) is 4.79 Å². The second kappa shape index (κ2) is 8.62. The molecule has 1 atom stereocenters. The van der Waals surface area contributed by atoms with E-state index >= 15 is 0 Å². The third-order valence-corrected chi connectivity index (χ3v) is 5.24. The fraction of sp³-hybridized carbons (Fsp3) is 0.0769. The van der Waals surface area contributed by atoms with E-state index in [2.05, 4.69) is 5.32 Å². The Labute approximate surface area is 174 Å². The molecule has 4 aromatic rings. The van der Waals surface area contributed by atoms with Gasteiger partial charge in [-0.25, -0.2) is 4.79 Å². The Bertz CT molecular complexity index is 1130. The predicted molar refractivity (Wildman–Crippen MR) is 118 cm³/mol. The van der Waals surface area contributed by atoms with E-state index in [0.717, 1.165) is 21.9 Å². The quantitative estimate of drug-likeness (QED) is 0.490. The summed E-state index contributed by atoms with van der Waals surface area (Å²) >= 11 is 0. The fourth-order valence-corrected chi connectivity index (χ4v) is 3.83. The lowest BCUT2D eigenvalue weighted by atomic mass is 9.84. The number of amides is 1. The van der Waals surface area contributed by atoms with E-state index in [9.17, 15) is 14.7 Å². The fourth-order valence-electron chi connectivity index (χ4n) is 3.83. The monoisotopic (exact) mass is 395 g/mol. The van der Waals surface area contributed by atoms with E-state index < -0.39 is 23.8 Å². The van der Waals surface area contributed by atoms with Crippen molar-refractivity contribution < 1.29 is 14.7 Å². The lowest BCUT2D eigenvalue weighted by Crippen LogP contribution is -2.45. The van der Waals surface area contributed by atoms with Crippen molar-refractivity contribution in [3.63, 3.8) is 0 Å². The molecule has 0 unspecified atom stereocenters. The Hall–Kier alpha value is -3.92. The van der Waals surface area contributed by atoms with Gasteiger partial charge < -0.3 is 10.4 Å². The Kier molecular flexibility index (Phi) is 5.57. The van der Waals surface area contributed by atoms with Crippen molar-refractivity contribution in [3.8, 4) is 0 Å². The van der Waals surface area contributed by atoms with Crippen molar-refractivity contribution >= 4 is 22.6 Å². The smallest absolute Gasteiger partial charge is 0.327 e. The van der Waals surface area contributed by atoms with E-state index in [0.29, 0.717) is 5.56 Å². The van der Waals surface area contributed by atoms with E-state index in [1.807, 2.05) is 91.0 Å². The maximum atomic E-state index is 13.2. The number of carboxylic acids is 1. The van der Waals surface area contributed by atoms with Crippen LogP contribution in [0.15, 0.2) is 103 Å². The van der Waals surface area contributed by atoms with Crippen LogP contribution in [0.4, 0.5) is 0 Å². The number of fused-ring (bicyclic) bond motifs is 1. The number of nitrogens with one attached hydrogen (secondary N) is 1. The molecule has 4 heteroatoms. The first-order valence-corrected chi connectivity index (χ1v) is 9.76. The van der Waals surface area contributed by atoms with Gasteiger partial charge in [0.1, 0.15) is 6.04 Å². The number of carboxylic acid groups (broad SMARTS) is 1. The zero-order valence-corrected chi connectivity index (χ0v) is 16.2. The molecule has 0 aromatic heterocycles. The lowest BCUT2D eigenvalue weighted by Gasteiger charge is -2.26. The van der Waals surface area contributed by atoms with Gasteiger partial charge in [-0.1, -0.05) is 97.1 Å². The predicted octanol–water partition coefficient (Wildman–Crippen LogP) is 4.85. The molecular formula is C26H21NO3. The average molecular weight is 395 g/mol. The van der Waals surface area contributed by atoms with E-state index in [1.54, 1.807) is 12.1 Å².